The van der Waals surface area contributed by atoms with E-state index in [0.717, 1.165) is 26.9 Å². The van der Waals surface area contributed by atoms with E-state index >= 15 is 0 Å². The summed E-state index contributed by atoms with van der Waals surface area (Å²) in [7, 11) is 0. The number of anilines is 2. The average Bonchev–Trinajstić information content (AvgIpc) is 3.70. The summed E-state index contributed by atoms with van der Waals surface area (Å²) < 4.78 is 7.28. The van der Waals surface area contributed by atoms with Crippen LogP contribution in [0.2, 0.25) is 0 Å². The molecule has 2 atom stereocenters. The van der Waals surface area contributed by atoms with Crippen LogP contribution in [0.1, 0.15) is 77.7 Å². The number of nitriles is 1. The number of rotatable bonds is 23. The Balaban J connectivity index is 1.36. The topological polar surface area (TPSA) is 321 Å². The summed E-state index contributed by atoms with van der Waals surface area (Å²) in [6, 6.07) is 4.49. The molecule has 4 rings (SSSR count). The summed E-state index contributed by atoms with van der Waals surface area (Å²) in [5.41, 5.74) is 11.3. The number of primary amides is 1. The van der Waals surface area contributed by atoms with Crippen LogP contribution in [0, 0.1) is 17.2 Å². The number of aromatic nitrogens is 4. The van der Waals surface area contributed by atoms with Gasteiger partial charge < -0.3 is 42.8 Å². The molecule has 0 fully saturated rings. The van der Waals surface area contributed by atoms with Crippen molar-refractivity contribution in [2.45, 2.75) is 97.3 Å². The number of urea groups is 1. The number of imidazole rings is 1. The highest BCUT2D eigenvalue weighted by Gasteiger charge is 2.29. The monoisotopic (exact) mass is 859 g/mol. The maximum atomic E-state index is 13.6. The summed E-state index contributed by atoms with van der Waals surface area (Å²) in [4.78, 5) is 111. The Morgan fingerprint density at radius 2 is 1.61 bits per heavy atom. The molecule has 2 aromatic heterocycles. The third kappa shape index (κ3) is 13.1. The smallest absolute Gasteiger partial charge is 0.339 e. The number of hydrogen-bond donors (Lipinski definition) is 7. The van der Waals surface area contributed by atoms with Gasteiger partial charge >= 0.3 is 23.8 Å². The second-order valence-electron chi connectivity index (χ2n) is 14.7. The first-order chi connectivity index (χ1) is 29.6. The predicted octanol–water partition coefficient (Wildman–Crippen LogP) is 1.13. The van der Waals surface area contributed by atoms with E-state index in [0.29, 0.717) is 37.1 Å². The van der Waals surface area contributed by atoms with Gasteiger partial charge in [-0.3, -0.25) is 33.4 Å². The Kier molecular flexibility index (Phi) is 17.5. The lowest BCUT2D eigenvalue weighted by Crippen LogP contribution is -2.54. The molecule has 22 heteroatoms. The maximum absolute atomic E-state index is 13.6. The van der Waals surface area contributed by atoms with Crippen LogP contribution >= 0.6 is 0 Å². The number of carbonyl (C=O) groups is 7. The van der Waals surface area contributed by atoms with Crippen molar-refractivity contribution in [3.8, 4) is 12.1 Å². The zero-order chi connectivity index (χ0) is 45.3. The fourth-order valence-corrected chi connectivity index (χ4v) is 6.33. The molecule has 1 aromatic carbocycles. The molecule has 9 N–H and O–H groups in total. The molecule has 1 aliphatic heterocycles. The summed E-state index contributed by atoms with van der Waals surface area (Å²) in [5.74, 6) is -2.83. The number of carbonyl (C=O) groups excluding carboxylic acids is 7. The second-order valence-corrected chi connectivity index (χ2v) is 14.7. The highest BCUT2D eigenvalue weighted by atomic mass is 16.5. The molecule has 0 radical (unpaired) electrons. The van der Waals surface area contributed by atoms with Crippen molar-refractivity contribution < 1.29 is 38.3 Å². The predicted molar refractivity (Wildman–Crippen MR) is 225 cm³/mol. The number of benzene rings is 1. The van der Waals surface area contributed by atoms with Crippen LogP contribution in [0.25, 0.3) is 11.2 Å². The average molecular weight is 860 g/mol. The summed E-state index contributed by atoms with van der Waals surface area (Å²) in [6.45, 7) is 5.68. The minimum absolute atomic E-state index is 0.0383. The minimum Gasteiger partial charge on any atom is -0.463 e. The van der Waals surface area contributed by atoms with Gasteiger partial charge in [-0.05, 0) is 55.7 Å². The Hall–Kier alpha value is -7.31. The van der Waals surface area contributed by atoms with Gasteiger partial charge in [0.2, 0.25) is 17.7 Å². The van der Waals surface area contributed by atoms with Crippen molar-refractivity contribution in [2.24, 2.45) is 11.7 Å². The number of hydrogen-bond acceptors (Lipinski definition) is 13. The molecule has 0 aliphatic carbocycles. The molecule has 1 aliphatic rings. The molecule has 0 spiro atoms. The van der Waals surface area contributed by atoms with Gasteiger partial charge in [-0.2, -0.15) is 15.2 Å². The third-order valence-electron chi connectivity index (χ3n) is 9.65. The summed E-state index contributed by atoms with van der Waals surface area (Å²) in [5, 5.41) is 22.7. The van der Waals surface area contributed by atoms with Gasteiger partial charge in [0.15, 0.2) is 11.5 Å². The molecular weight excluding hydrogens is 807 g/mol. The number of nitrogens with two attached hydrogens (primary N) is 2. The van der Waals surface area contributed by atoms with E-state index in [9.17, 15) is 43.6 Å². The van der Waals surface area contributed by atoms with Gasteiger partial charge in [0.05, 0.1) is 12.7 Å². The molecule has 3 aromatic rings. The van der Waals surface area contributed by atoms with Crippen LogP contribution in [0.4, 0.5) is 21.1 Å². The lowest BCUT2D eigenvalue weighted by Gasteiger charge is -2.25. The number of unbranched alkanes of at least 4 members (excludes halogenated alkanes) is 3. The van der Waals surface area contributed by atoms with Crippen LogP contribution in [0.5, 0.6) is 6.01 Å². The third-order valence-corrected chi connectivity index (χ3v) is 9.65. The van der Waals surface area contributed by atoms with Crippen LogP contribution in [0.15, 0.2) is 41.2 Å². The van der Waals surface area contributed by atoms with E-state index in [1.807, 2.05) is 13.0 Å². The van der Waals surface area contributed by atoms with E-state index in [1.54, 1.807) is 38.1 Å². The number of imide groups is 1. The van der Waals surface area contributed by atoms with Crippen molar-refractivity contribution in [3.63, 3.8) is 0 Å². The summed E-state index contributed by atoms with van der Waals surface area (Å²) in [6.07, 6.45) is 6.03. The zero-order valence-corrected chi connectivity index (χ0v) is 34.9. The second kappa shape index (κ2) is 22.9. The molecule has 22 nitrogen and oxygen atoms in total. The first kappa shape index (κ1) is 47.4. The normalized spacial score (nSPS) is 13.1. The minimum atomic E-state index is -1.09. The van der Waals surface area contributed by atoms with Crippen molar-refractivity contribution in [1.29, 1.82) is 5.26 Å². The van der Waals surface area contributed by atoms with Gasteiger partial charge in [0.1, 0.15) is 24.1 Å². The number of nitrogens with one attached hydrogen (secondary N) is 5. The Bertz CT molecular complexity index is 2240. The fourth-order valence-electron chi connectivity index (χ4n) is 6.33. The number of nitrogens with zero attached hydrogens (tertiary/aromatic N) is 6. The van der Waals surface area contributed by atoms with Gasteiger partial charge in [-0.15, -0.1) is 0 Å². The standard InChI is InChI=1S/C40H53N13O9/c1-4-5-22-62-38-49-33(42)32-34(50-38)52(21-18-41)40(61)53(32)39(60)45-23-25-12-14-26(15-13-25)46-35(57)27(10-9-19-44-37(43)59)47-36(58)31(24(2)3)48-28(54)11-7-6-8-20-51-29(55)16-17-30(51)56/h12-17,24,27,31H,4-11,19-23H2,1-3H3,(H,45,60)(H,46,57)(H,47,58)(H,48,54)(H2,42,49,50)(H3,43,44,59). The highest BCUT2D eigenvalue weighted by Crippen LogP contribution is 2.21. The quantitative estimate of drug-likeness (QED) is 0.0520. The van der Waals surface area contributed by atoms with Crippen molar-refractivity contribution >= 4 is 64.3 Å². The van der Waals surface area contributed by atoms with Crippen LogP contribution in [-0.2, 0) is 37.1 Å². The number of nitrogen functional groups attached to an aromatic ring is 1. The molecular formula is C40H53N13O9. The molecule has 8 amide bonds. The molecule has 3 heterocycles. The highest BCUT2D eigenvalue weighted by molar-refractivity contribution is 6.12. The first-order valence-corrected chi connectivity index (χ1v) is 20.3. The van der Waals surface area contributed by atoms with Gasteiger partial charge in [0.25, 0.3) is 11.8 Å². The van der Waals surface area contributed by atoms with Gasteiger partial charge in [0, 0.05) is 43.9 Å². The van der Waals surface area contributed by atoms with Crippen LogP contribution in [0.3, 0.4) is 0 Å². The van der Waals surface area contributed by atoms with Crippen molar-refractivity contribution in [3.05, 3.63) is 52.5 Å². The molecule has 332 valence electrons. The molecule has 62 heavy (non-hydrogen) atoms. The Morgan fingerprint density at radius 3 is 2.26 bits per heavy atom. The summed E-state index contributed by atoms with van der Waals surface area (Å²) >= 11 is 0. The van der Waals surface area contributed by atoms with E-state index in [1.165, 1.54) is 12.2 Å². The molecule has 2 unspecified atom stereocenters. The van der Waals surface area contributed by atoms with Gasteiger partial charge in [-0.25, -0.2) is 19.0 Å². The Morgan fingerprint density at radius 1 is 0.903 bits per heavy atom. The number of fused-ring (bicyclic) bond motifs is 1. The van der Waals surface area contributed by atoms with Crippen LogP contribution in [-0.4, -0.2) is 97.4 Å². The SMILES string of the molecule is CCCCOc1nc(N)c2c(n1)n(CC#N)c(=O)n2C(=O)NCc1ccc(NC(=O)C(CCCNC(N)=O)NC(=O)C(NC(=O)CCCCCN2C(=O)C=CC2=O)C(C)C)cc1. The first-order valence-electron chi connectivity index (χ1n) is 20.3. The van der Waals surface area contributed by atoms with Crippen LogP contribution < -0.4 is 48.5 Å². The lowest BCUT2D eigenvalue weighted by atomic mass is 10.0. The molecule has 0 saturated carbocycles. The molecule has 0 saturated heterocycles. The maximum Gasteiger partial charge on any atom is 0.339 e. The zero-order valence-electron chi connectivity index (χ0n) is 34.9. The fraction of sp³-hybridized carbons (Fsp3) is 0.475. The number of amides is 8. The molecule has 0 bridgehead atoms. The largest absolute Gasteiger partial charge is 0.463 e. The van der Waals surface area contributed by atoms with E-state index in [2.05, 4.69) is 36.6 Å². The van der Waals surface area contributed by atoms with E-state index in [4.69, 9.17) is 16.2 Å². The van der Waals surface area contributed by atoms with Gasteiger partial charge in [-0.1, -0.05) is 45.7 Å². The van der Waals surface area contributed by atoms with E-state index < -0.39 is 48.2 Å². The Labute approximate surface area is 356 Å². The van der Waals surface area contributed by atoms with Crippen molar-refractivity contribution in [2.75, 3.05) is 30.7 Å². The van der Waals surface area contributed by atoms with E-state index in [-0.39, 0.29) is 85.5 Å². The lowest BCUT2D eigenvalue weighted by molar-refractivity contribution is -0.137. The van der Waals surface area contributed by atoms with Crippen molar-refractivity contribution in [1.82, 2.24) is 45.3 Å². The number of ether oxygens (including phenoxy) is 1.